The molecule has 8 heteroatoms. The molecular weight excluding hydrogens is 407 g/mol. The van der Waals surface area contributed by atoms with Crippen molar-refractivity contribution in [3.8, 4) is 0 Å². The van der Waals surface area contributed by atoms with Crippen LogP contribution < -0.4 is 4.90 Å². The first kappa shape index (κ1) is 19.3. The molecule has 1 unspecified atom stereocenters. The van der Waals surface area contributed by atoms with E-state index in [-0.39, 0.29) is 16.8 Å². The number of rotatable bonds is 2. The number of nitrogens with zero attached hydrogens (tertiary/aromatic N) is 2. The van der Waals surface area contributed by atoms with Crippen molar-refractivity contribution in [3.05, 3.63) is 94.8 Å². The zero-order valence-corrected chi connectivity index (χ0v) is 16.2. The summed E-state index contributed by atoms with van der Waals surface area (Å²) in [6, 6.07) is 14.6. The van der Waals surface area contributed by atoms with Gasteiger partial charge in [-0.3, -0.25) is 9.69 Å². The Labute approximate surface area is 174 Å². The number of carbonyl (C=O) groups excluding carboxylic acids is 1. The van der Waals surface area contributed by atoms with Crippen molar-refractivity contribution in [1.82, 2.24) is 9.97 Å². The van der Waals surface area contributed by atoms with E-state index in [2.05, 4.69) is 16.3 Å². The first-order valence-electron chi connectivity index (χ1n) is 9.41. The number of benzene rings is 3. The van der Waals surface area contributed by atoms with Crippen LogP contribution in [0.15, 0.2) is 60.7 Å². The minimum absolute atomic E-state index is 0.0512. The molecule has 4 aromatic rings. The highest BCUT2D eigenvalue weighted by atomic mass is 19.4. The van der Waals surface area contributed by atoms with Gasteiger partial charge >= 0.3 is 6.18 Å². The number of carbonyl (C=O) groups is 1. The predicted molar refractivity (Wildman–Crippen MR) is 107 cm³/mol. The molecule has 0 saturated carbocycles. The topological polar surface area (TPSA) is 69.2 Å². The van der Waals surface area contributed by atoms with Crippen molar-refractivity contribution in [1.29, 1.82) is 0 Å². The standard InChI is InChI=1S/C23H15F3N3O2/c1-13-8-15(23(24,25)26)10-16(9-13)29-21(30)17-4-2-3-5-18(17)22(29,31)14-6-7-19-20(11-14)28-12-27-19/h2-11,31H,1H3,(H,27,28). The fraction of sp³-hybridized carbons (Fsp3) is 0.130. The van der Waals surface area contributed by atoms with Crippen molar-refractivity contribution < 1.29 is 23.1 Å². The Balaban J connectivity index is 1.78. The highest BCUT2D eigenvalue weighted by Crippen LogP contribution is 2.46. The first-order valence-corrected chi connectivity index (χ1v) is 9.41. The number of alkyl halides is 3. The number of nitrogens with one attached hydrogen (secondary N) is 1. The largest absolute Gasteiger partial charge is 0.416 e. The number of anilines is 1. The number of fused-ring (bicyclic) bond motifs is 2. The van der Waals surface area contributed by atoms with E-state index in [1.807, 2.05) is 0 Å². The van der Waals surface area contributed by atoms with E-state index in [0.29, 0.717) is 22.2 Å². The summed E-state index contributed by atoms with van der Waals surface area (Å²) in [5.74, 6) is -0.592. The molecule has 31 heavy (non-hydrogen) atoms. The Morgan fingerprint density at radius 1 is 1.10 bits per heavy atom. The Hall–Kier alpha value is -3.65. The van der Waals surface area contributed by atoms with Crippen LogP contribution in [0.5, 0.6) is 0 Å². The van der Waals surface area contributed by atoms with Crippen molar-refractivity contribution in [2.45, 2.75) is 18.8 Å². The van der Waals surface area contributed by atoms with Gasteiger partial charge in [0.1, 0.15) is 0 Å². The first-order chi connectivity index (χ1) is 14.7. The van der Waals surface area contributed by atoms with Gasteiger partial charge in [-0.1, -0.05) is 24.3 Å². The van der Waals surface area contributed by atoms with Crippen LogP contribution in [0.25, 0.3) is 11.0 Å². The van der Waals surface area contributed by atoms with Gasteiger partial charge in [-0.05, 0) is 48.9 Å². The maximum Gasteiger partial charge on any atom is 0.416 e. The number of halogens is 3. The lowest BCUT2D eigenvalue weighted by Gasteiger charge is -2.35. The van der Waals surface area contributed by atoms with Crippen LogP contribution in [-0.2, 0) is 11.9 Å². The van der Waals surface area contributed by atoms with Crippen molar-refractivity contribution in [2.75, 3.05) is 4.90 Å². The molecule has 1 radical (unpaired) electrons. The molecule has 2 N–H and O–H groups in total. The van der Waals surface area contributed by atoms with E-state index in [1.165, 1.54) is 13.0 Å². The molecule has 5 rings (SSSR count). The minimum Gasteiger partial charge on any atom is -0.363 e. The molecule has 0 spiro atoms. The summed E-state index contributed by atoms with van der Waals surface area (Å²) in [4.78, 5) is 21.2. The summed E-state index contributed by atoms with van der Waals surface area (Å²) in [5.41, 5.74) is -0.674. The summed E-state index contributed by atoms with van der Waals surface area (Å²) in [7, 11) is 0. The van der Waals surface area contributed by atoms with Gasteiger partial charge in [0.15, 0.2) is 12.1 Å². The van der Waals surface area contributed by atoms with Crippen LogP contribution >= 0.6 is 0 Å². The zero-order chi connectivity index (χ0) is 22.0. The van der Waals surface area contributed by atoms with Crippen molar-refractivity contribution in [2.24, 2.45) is 0 Å². The van der Waals surface area contributed by atoms with E-state index in [4.69, 9.17) is 0 Å². The highest BCUT2D eigenvalue weighted by Gasteiger charge is 2.51. The Bertz CT molecular complexity index is 1350. The molecule has 0 bridgehead atoms. The predicted octanol–water partition coefficient (Wildman–Crippen LogP) is 4.54. The van der Waals surface area contributed by atoms with Crippen LogP contribution in [0, 0.1) is 13.3 Å². The number of hydrogen-bond donors (Lipinski definition) is 2. The maximum atomic E-state index is 13.5. The van der Waals surface area contributed by atoms with Crippen molar-refractivity contribution >= 4 is 22.6 Å². The van der Waals surface area contributed by atoms with Gasteiger partial charge in [0.25, 0.3) is 5.91 Å². The zero-order valence-electron chi connectivity index (χ0n) is 16.2. The fourth-order valence-corrected chi connectivity index (χ4v) is 4.10. The third-order valence-corrected chi connectivity index (χ3v) is 5.47. The molecule has 155 valence electrons. The molecule has 5 nitrogen and oxygen atoms in total. The van der Waals surface area contributed by atoms with Gasteiger partial charge in [0, 0.05) is 22.4 Å². The second kappa shape index (κ2) is 6.42. The van der Waals surface area contributed by atoms with Gasteiger partial charge in [0.05, 0.1) is 16.6 Å². The second-order valence-corrected chi connectivity index (χ2v) is 7.49. The monoisotopic (exact) mass is 422 g/mol. The summed E-state index contributed by atoms with van der Waals surface area (Å²) in [6.45, 7) is 1.51. The van der Waals surface area contributed by atoms with Gasteiger partial charge in [0.2, 0.25) is 0 Å². The molecule has 0 aliphatic carbocycles. The van der Waals surface area contributed by atoms with Crippen LogP contribution in [0.2, 0.25) is 0 Å². The Kier molecular flexibility index (Phi) is 4.00. The van der Waals surface area contributed by atoms with E-state index >= 15 is 0 Å². The average Bonchev–Trinajstić information content (AvgIpc) is 3.28. The molecular formula is C23H15F3N3O2. The molecule has 1 amide bonds. The van der Waals surface area contributed by atoms with Crippen LogP contribution in [0.1, 0.15) is 32.6 Å². The molecule has 0 fully saturated rings. The number of aromatic amines is 1. The lowest BCUT2D eigenvalue weighted by Crippen LogP contribution is -2.45. The van der Waals surface area contributed by atoms with Gasteiger partial charge in [-0.2, -0.15) is 13.2 Å². The van der Waals surface area contributed by atoms with Crippen LogP contribution in [0.4, 0.5) is 18.9 Å². The van der Waals surface area contributed by atoms with Gasteiger partial charge in [-0.15, -0.1) is 0 Å². The molecule has 0 saturated heterocycles. The van der Waals surface area contributed by atoms with Gasteiger partial charge < -0.3 is 10.1 Å². The Morgan fingerprint density at radius 3 is 2.65 bits per heavy atom. The fourth-order valence-electron chi connectivity index (χ4n) is 4.10. The number of aromatic nitrogens is 2. The van der Waals surface area contributed by atoms with E-state index in [1.54, 1.807) is 42.5 Å². The number of imidazole rings is 1. The van der Waals surface area contributed by atoms with Crippen LogP contribution in [0.3, 0.4) is 0 Å². The van der Waals surface area contributed by atoms with Crippen LogP contribution in [-0.4, -0.2) is 21.0 Å². The molecule has 1 aliphatic rings. The number of amides is 1. The SMILES string of the molecule is Cc1cc(N2C(=O)c3ccccc3C2(O)c2ccc3[nH][c]nc3c2)cc(C(F)(F)F)c1. The smallest absolute Gasteiger partial charge is 0.363 e. The third-order valence-electron chi connectivity index (χ3n) is 5.47. The maximum absolute atomic E-state index is 13.5. The highest BCUT2D eigenvalue weighted by molar-refractivity contribution is 6.12. The summed E-state index contributed by atoms with van der Waals surface area (Å²) in [6.07, 6.45) is -1.99. The number of hydrogen-bond acceptors (Lipinski definition) is 3. The quantitative estimate of drug-likeness (QED) is 0.498. The number of H-pyrrole nitrogens is 1. The molecule has 1 atom stereocenters. The molecule has 1 aromatic heterocycles. The number of aryl methyl sites for hydroxylation is 1. The Morgan fingerprint density at radius 2 is 1.87 bits per heavy atom. The lowest BCUT2D eigenvalue weighted by molar-refractivity contribution is -0.137. The molecule has 3 aromatic carbocycles. The van der Waals surface area contributed by atoms with E-state index in [0.717, 1.165) is 17.0 Å². The normalized spacial score (nSPS) is 18.6. The number of aliphatic hydroxyl groups is 1. The molecule has 2 heterocycles. The minimum atomic E-state index is -4.60. The second-order valence-electron chi connectivity index (χ2n) is 7.49. The summed E-state index contributed by atoms with van der Waals surface area (Å²) in [5, 5.41) is 12.0. The van der Waals surface area contributed by atoms with E-state index in [9.17, 15) is 23.1 Å². The molecule has 1 aliphatic heterocycles. The van der Waals surface area contributed by atoms with Gasteiger partial charge in [-0.25, -0.2) is 4.98 Å². The lowest BCUT2D eigenvalue weighted by atomic mass is 9.93. The third kappa shape index (κ3) is 2.83. The summed E-state index contributed by atoms with van der Waals surface area (Å²) >= 11 is 0. The van der Waals surface area contributed by atoms with E-state index < -0.39 is 23.4 Å². The average molecular weight is 422 g/mol. The van der Waals surface area contributed by atoms with Crippen molar-refractivity contribution in [3.63, 3.8) is 0 Å². The summed E-state index contributed by atoms with van der Waals surface area (Å²) < 4.78 is 40.4.